The standard InChI is InChI=1S/C21H26N2O3/c1-14-9-8-10-16(13-14)26-15(2)19(24)22-18-12-7-6-11-17(18)20(25)23-21(3,4)5/h6-13,15H,1-5H3,(H,22,24)(H,23,25)/t15-/m0/s1. The smallest absolute Gasteiger partial charge is 0.265 e. The summed E-state index contributed by atoms with van der Waals surface area (Å²) in [7, 11) is 0. The number of carbonyl (C=O) groups is 2. The van der Waals surface area contributed by atoms with Gasteiger partial charge in [-0.3, -0.25) is 9.59 Å². The normalized spacial score (nSPS) is 12.2. The number of rotatable bonds is 5. The summed E-state index contributed by atoms with van der Waals surface area (Å²) in [5.41, 5.74) is 1.56. The maximum atomic E-state index is 12.5. The van der Waals surface area contributed by atoms with Crippen molar-refractivity contribution in [3.8, 4) is 5.75 Å². The molecular weight excluding hydrogens is 328 g/mol. The van der Waals surface area contributed by atoms with E-state index in [0.717, 1.165) is 5.56 Å². The summed E-state index contributed by atoms with van der Waals surface area (Å²) < 4.78 is 5.70. The first-order valence-electron chi connectivity index (χ1n) is 8.61. The van der Waals surface area contributed by atoms with Gasteiger partial charge < -0.3 is 15.4 Å². The zero-order valence-electron chi connectivity index (χ0n) is 15.9. The molecule has 0 saturated heterocycles. The summed E-state index contributed by atoms with van der Waals surface area (Å²) in [6, 6.07) is 14.4. The van der Waals surface area contributed by atoms with Crippen LogP contribution in [0, 0.1) is 6.92 Å². The van der Waals surface area contributed by atoms with Crippen LogP contribution in [-0.2, 0) is 4.79 Å². The highest BCUT2D eigenvalue weighted by atomic mass is 16.5. The van der Waals surface area contributed by atoms with Gasteiger partial charge in [0.15, 0.2) is 6.10 Å². The van der Waals surface area contributed by atoms with Gasteiger partial charge in [0.05, 0.1) is 11.3 Å². The van der Waals surface area contributed by atoms with Gasteiger partial charge in [-0.1, -0.05) is 24.3 Å². The number of benzene rings is 2. The van der Waals surface area contributed by atoms with E-state index in [1.165, 1.54) is 0 Å². The van der Waals surface area contributed by atoms with Crippen LogP contribution in [0.3, 0.4) is 0 Å². The molecule has 0 fully saturated rings. The van der Waals surface area contributed by atoms with Crippen molar-refractivity contribution in [3.63, 3.8) is 0 Å². The molecule has 0 aliphatic rings. The number of para-hydroxylation sites is 1. The molecule has 0 aromatic heterocycles. The summed E-state index contributed by atoms with van der Waals surface area (Å²) in [5, 5.41) is 5.69. The fourth-order valence-electron chi connectivity index (χ4n) is 2.38. The van der Waals surface area contributed by atoms with Gasteiger partial charge >= 0.3 is 0 Å². The monoisotopic (exact) mass is 354 g/mol. The third-order valence-corrected chi connectivity index (χ3v) is 3.59. The van der Waals surface area contributed by atoms with Crippen LogP contribution in [0.15, 0.2) is 48.5 Å². The van der Waals surface area contributed by atoms with E-state index in [9.17, 15) is 9.59 Å². The number of anilines is 1. The molecule has 0 aliphatic carbocycles. The first-order valence-corrected chi connectivity index (χ1v) is 8.61. The van der Waals surface area contributed by atoms with Gasteiger partial charge in [0.1, 0.15) is 5.75 Å². The topological polar surface area (TPSA) is 67.4 Å². The Bertz CT molecular complexity index is 794. The van der Waals surface area contributed by atoms with Crippen LogP contribution >= 0.6 is 0 Å². The number of hydrogen-bond acceptors (Lipinski definition) is 3. The summed E-state index contributed by atoms with van der Waals surface area (Å²) in [4.78, 5) is 25.0. The summed E-state index contributed by atoms with van der Waals surface area (Å²) in [6.45, 7) is 9.36. The number of ether oxygens (including phenoxy) is 1. The molecular formula is C21H26N2O3. The first-order chi connectivity index (χ1) is 12.2. The number of amides is 2. The molecule has 5 nitrogen and oxygen atoms in total. The molecule has 0 heterocycles. The quantitative estimate of drug-likeness (QED) is 0.855. The fraction of sp³-hybridized carbons (Fsp3) is 0.333. The molecule has 0 saturated carbocycles. The molecule has 2 N–H and O–H groups in total. The Hall–Kier alpha value is -2.82. The Balaban J connectivity index is 2.10. The molecule has 0 aliphatic heterocycles. The molecule has 138 valence electrons. The molecule has 0 radical (unpaired) electrons. The number of nitrogens with one attached hydrogen (secondary N) is 2. The second-order valence-corrected chi connectivity index (χ2v) is 7.32. The molecule has 2 aromatic rings. The molecule has 5 heteroatoms. The summed E-state index contributed by atoms with van der Waals surface area (Å²) in [6.07, 6.45) is -0.699. The molecule has 2 rings (SSSR count). The average Bonchev–Trinajstić information content (AvgIpc) is 2.53. The van der Waals surface area contributed by atoms with Crippen LogP contribution in [0.4, 0.5) is 5.69 Å². The van der Waals surface area contributed by atoms with Gasteiger partial charge in [-0.05, 0) is 64.4 Å². The van der Waals surface area contributed by atoms with Gasteiger partial charge in [-0.2, -0.15) is 0 Å². The maximum absolute atomic E-state index is 12.5. The van der Waals surface area contributed by atoms with E-state index in [4.69, 9.17) is 4.74 Å². The zero-order valence-corrected chi connectivity index (χ0v) is 15.9. The first kappa shape index (κ1) is 19.5. The molecule has 26 heavy (non-hydrogen) atoms. The van der Waals surface area contributed by atoms with Crippen LogP contribution in [0.25, 0.3) is 0 Å². The van der Waals surface area contributed by atoms with Crippen molar-refractivity contribution in [2.24, 2.45) is 0 Å². The Morgan fingerprint density at radius 2 is 1.73 bits per heavy atom. The maximum Gasteiger partial charge on any atom is 0.265 e. The van der Waals surface area contributed by atoms with Crippen molar-refractivity contribution in [1.82, 2.24) is 5.32 Å². The van der Waals surface area contributed by atoms with Gasteiger partial charge in [0, 0.05) is 5.54 Å². The van der Waals surface area contributed by atoms with Crippen molar-refractivity contribution in [3.05, 3.63) is 59.7 Å². The Morgan fingerprint density at radius 1 is 1.04 bits per heavy atom. The van der Waals surface area contributed by atoms with Crippen LogP contribution in [0.2, 0.25) is 0 Å². The summed E-state index contributed by atoms with van der Waals surface area (Å²) in [5.74, 6) is 0.0783. The largest absolute Gasteiger partial charge is 0.481 e. The predicted octanol–water partition coefficient (Wildman–Crippen LogP) is 3.93. The van der Waals surface area contributed by atoms with Gasteiger partial charge in [0.25, 0.3) is 11.8 Å². The lowest BCUT2D eigenvalue weighted by Crippen LogP contribution is -2.41. The lowest BCUT2D eigenvalue weighted by molar-refractivity contribution is -0.122. The van der Waals surface area contributed by atoms with Crippen LogP contribution in [0.5, 0.6) is 5.75 Å². The van der Waals surface area contributed by atoms with Gasteiger partial charge in [-0.15, -0.1) is 0 Å². The van der Waals surface area contributed by atoms with E-state index in [1.807, 2.05) is 52.0 Å². The average molecular weight is 354 g/mol. The van der Waals surface area contributed by atoms with E-state index in [-0.39, 0.29) is 17.4 Å². The Labute approximate surface area is 154 Å². The second kappa shape index (κ2) is 8.04. The van der Waals surface area contributed by atoms with E-state index in [1.54, 1.807) is 31.2 Å². The molecule has 2 amide bonds. The lowest BCUT2D eigenvalue weighted by Gasteiger charge is -2.22. The second-order valence-electron chi connectivity index (χ2n) is 7.32. The summed E-state index contributed by atoms with van der Waals surface area (Å²) >= 11 is 0. The highest BCUT2D eigenvalue weighted by molar-refractivity contribution is 6.04. The Kier molecular flexibility index (Phi) is 6.03. The molecule has 2 aromatic carbocycles. The van der Waals surface area contributed by atoms with Crippen molar-refractivity contribution < 1.29 is 14.3 Å². The van der Waals surface area contributed by atoms with Crippen molar-refractivity contribution in [2.75, 3.05) is 5.32 Å². The van der Waals surface area contributed by atoms with Crippen molar-refractivity contribution >= 4 is 17.5 Å². The Morgan fingerprint density at radius 3 is 2.38 bits per heavy atom. The van der Waals surface area contributed by atoms with Crippen molar-refractivity contribution in [1.29, 1.82) is 0 Å². The van der Waals surface area contributed by atoms with Crippen LogP contribution in [0.1, 0.15) is 43.6 Å². The molecule has 0 unspecified atom stereocenters. The number of carbonyl (C=O) groups excluding carboxylic acids is 2. The number of aryl methyl sites for hydroxylation is 1. The van der Waals surface area contributed by atoms with Crippen molar-refractivity contribution in [2.45, 2.75) is 46.3 Å². The third-order valence-electron chi connectivity index (χ3n) is 3.59. The number of hydrogen-bond donors (Lipinski definition) is 2. The molecule has 0 spiro atoms. The van der Waals surface area contributed by atoms with E-state index >= 15 is 0 Å². The van der Waals surface area contributed by atoms with E-state index < -0.39 is 6.10 Å². The predicted molar refractivity (Wildman–Crippen MR) is 104 cm³/mol. The van der Waals surface area contributed by atoms with Crippen LogP contribution in [-0.4, -0.2) is 23.5 Å². The fourth-order valence-corrected chi connectivity index (χ4v) is 2.38. The van der Waals surface area contributed by atoms with Gasteiger partial charge in [-0.25, -0.2) is 0 Å². The highest BCUT2D eigenvalue weighted by Gasteiger charge is 2.21. The molecule has 0 bridgehead atoms. The minimum atomic E-state index is -0.699. The van der Waals surface area contributed by atoms with E-state index in [2.05, 4.69) is 10.6 Å². The highest BCUT2D eigenvalue weighted by Crippen LogP contribution is 2.18. The minimum Gasteiger partial charge on any atom is -0.481 e. The minimum absolute atomic E-state index is 0.236. The van der Waals surface area contributed by atoms with Gasteiger partial charge in [0.2, 0.25) is 0 Å². The zero-order chi connectivity index (χ0) is 19.3. The van der Waals surface area contributed by atoms with E-state index in [0.29, 0.717) is 17.0 Å². The lowest BCUT2D eigenvalue weighted by atomic mass is 10.1. The SMILES string of the molecule is Cc1cccc(O[C@@H](C)C(=O)Nc2ccccc2C(=O)NC(C)(C)C)c1. The molecule has 1 atom stereocenters. The third kappa shape index (κ3) is 5.62. The van der Waals surface area contributed by atoms with Crippen LogP contribution < -0.4 is 15.4 Å².